The summed E-state index contributed by atoms with van der Waals surface area (Å²) in [6.07, 6.45) is -3.06. The maximum atomic E-state index is 12.2. The number of hydrogen-bond donors (Lipinski definition) is 2. The van der Waals surface area contributed by atoms with Crippen molar-refractivity contribution in [3.8, 4) is 11.5 Å². The number of aromatic nitrogens is 4. The van der Waals surface area contributed by atoms with E-state index in [4.69, 9.17) is 18.6 Å². The van der Waals surface area contributed by atoms with Crippen LogP contribution in [0.3, 0.4) is 0 Å². The van der Waals surface area contributed by atoms with E-state index in [1.54, 1.807) is 12.1 Å². The molecule has 0 radical (unpaired) electrons. The second kappa shape index (κ2) is 6.11. The van der Waals surface area contributed by atoms with Crippen LogP contribution in [0.25, 0.3) is 11.5 Å². The van der Waals surface area contributed by atoms with E-state index in [9.17, 15) is 13.2 Å². The molecule has 2 rings (SSSR count). The van der Waals surface area contributed by atoms with Gasteiger partial charge in [0.25, 0.3) is 0 Å². The lowest BCUT2D eigenvalue weighted by Gasteiger charge is -2.03. The monoisotopic (exact) mass is 314 g/mol. The zero-order valence-electron chi connectivity index (χ0n) is 9.33. The number of hydrogen-bond acceptors (Lipinski definition) is 7. The van der Waals surface area contributed by atoms with Gasteiger partial charge < -0.3 is 0 Å². The van der Waals surface area contributed by atoms with Crippen LogP contribution in [-0.4, -0.2) is 24.8 Å². The van der Waals surface area contributed by atoms with Crippen LogP contribution in [0.5, 0.6) is 0 Å². The van der Waals surface area contributed by atoms with Gasteiger partial charge in [-0.15, -0.1) is 0 Å². The van der Waals surface area contributed by atoms with E-state index in [1.165, 1.54) is 12.3 Å². The maximum Gasteiger partial charge on any atom is 0.451 e. The molecule has 110 valence electrons. The fourth-order valence-corrected chi connectivity index (χ4v) is 0.998. The second-order valence-corrected chi connectivity index (χ2v) is 3.91. The molecule has 12 heteroatoms. The molecule has 0 amide bonds. The summed E-state index contributed by atoms with van der Waals surface area (Å²) in [4.78, 5) is 7.13. The number of rotatable bonds is 1. The van der Waals surface area contributed by atoms with Crippen molar-refractivity contribution in [1.82, 2.24) is 20.2 Å². The molecule has 2 heterocycles. The molecule has 0 aromatic carbocycles. The summed E-state index contributed by atoms with van der Waals surface area (Å²) >= 11 is 0. The van der Waals surface area contributed by atoms with Crippen LogP contribution in [0.15, 0.2) is 24.4 Å². The van der Waals surface area contributed by atoms with Crippen molar-refractivity contribution in [3.63, 3.8) is 0 Å². The van der Waals surface area contributed by atoms with Crippen molar-refractivity contribution in [1.29, 1.82) is 0 Å². The molecule has 0 spiro atoms. The van der Waals surface area contributed by atoms with Crippen molar-refractivity contribution in [2.24, 2.45) is 0 Å². The Morgan fingerprint density at radius 1 is 1.20 bits per heavy atom. The lowest BCUT2D eigenvalue weighted by atomic mass is 10.3. The third kappa shape index (κ3) is 5.90. The molecule has 0 unspecified atom stereocenters. The van der Waals surface area contributed by atoms with E-state index in [2.05, 4.69) is 15.1 Å². The van der Waals surface area contributed by atoms with Crippen molar-refractivity contribution in [3.05, 3.63) is 30.2 Å². The van der Waals surface area contributed by atoms with Crippen LogP contribution in [0.1, 0.15) is 5.82 Å². The third-order valence-electron chi connectivity index (χ3n) is 1.65. The lowest BCUT2D eigenvalue weighted by Crippen LogP contribution is -2.58. The van der Waals surface area contributed by atoms with Crippen LogP contribution in [0, 0.1) is 10.2 Å². The molecule has 0 aliphatic carbocycles. The summed E-state index contributed by atoms with van der Waals surface area (Å²) in [6, 6.07) is 4.83. The normalized spacial score (nSPS) is 11.8. The average Bonchev–Trinajstić information content (AvgIpc) is 2.76. The highest BCUT2D eigenvalue weighted by Gasteiger charge is 2.35. The summed E-state index contributed by atoms with van der Waals surface area (Å²) in [7, 11) is -4.69. The first kappa shape index (κ1) is 16.3. The fourth-order valence-electron chi connectivity index (χ4n) is 0.998. The number of H-pyrrole nitrogens is 1. The van der Waals surface area contributed by atoms with E-state index in [0.29, 0.717) is 5.69 Å². The van der Waals surface area contributed by atoms with Crippen molar-refractivity contribution < 1.29 is 42.1 Å². The largest absolute Gasteiger partial charge is 0.451 e. The Bertz CT molecular complexity index is 537. The fraction of sp³-hybridized carbons (Fsp3) is 0.125. The van der Waals surface area contributed by atoms with E-state index in [0.717, 1.165) is 0 Å². The molecule has 2 aromatic heterocycles. The Labute approximate surface area is 111 Å². The second-order valence-electron chi connectivity index (χ2n) is 3.12. The summed E-state index contributed by atoms with van der Waals surface area (Å²) in [5.41, 5.74) is 0.296. The molecule has 2 N–H and O–H groups in total. The van der Waals surface area contributed by atoms with Crippen molar-refractivity contribution >= 4 is 0 Å². The van der Waals surface area contributed by atoms with Gasteiger partial charge in [0.05, 0.1) is 14.9 Å². The minimum absolute atomic E-state index is 0.0667. The Morgan fingerprint density at radius 3 is 2.20 bits per heavy atom. The van der Waals surface area contributed by atoms with Crippen LogP contribution in [0.4, 0.5) is 13.2 Å². The summed E-state index contributed by atoms with van der Waals surface area (Å²) in [5, 5.41) is 5.25. The summed E-state index contributed by atoms with van der Waals surface area (Å²) < 4.78 is 69.2. The van der Waals surface area contributed by atoms with Crippen molar-refractivity contribution in [2.45, 2.75) is 6.18 Å². The zero-order chi connectivity index (χ0) is 15.4. The first-order valence-electron chi connectivity index (χ1n) is 4.61. The molecule has 8 nitrogen and oxygen atoms in total. The highest BCUT2D eigenvalue weighted by molar-refractivity contribution is 5.47. The first-order chi connectivity index (χ1) is 9.07. The molecule has 0 bridgehead atoms. The van der Waals surface area contributed by atoms with Gasteiger partial charge in [-0.25, -0.2) is 4.98 Å². The minimum Gasteiger partial charge on any atom is -0.255 e. The van der Waals surface area contributed by atoms with Crippen LogP contribution < -0.4 is 14.0 Å². The predicted molar refractivity (Wildman–Crippen MR) is 46.8 cm³/mol. The SMILES string of the molecule is FC(F)(F)c1nc(-c2ccccn2)n[nH]1.[O-][Cl+3]([O-])([O-])O. The number of nitrogens with one attached hydrogen (secondary N) is 1. The molecule has 2 aromatic rings. The number of alkyl halides is 3. The molecule has 20 heavy (non-hydrogen) atoms. The quantitative estimate of drug-likeness (QED) is 0.605. The smallest absolute Gasteiger partial charge is 0.255 e. The summed E-state index contributed by atoms with van der Waals surface area (Å²) in [5.74, 6) is -1.19. The Kier molecular flexibility index (Phi) is 4.97. The van der Waals surface area contributed by atoms with Crippen LogP contribution in [-0.2, 0) is 6.18 Å². The lowest BCUT2D eigenvalue weighted by molar-refractivity contribution is -1.92. The van der Waals surface area contributed by atoms with E-state index >= 15 is 0 Å². The number of aromatic amines is 1. The van der Waals surface area contributed by atoms with E-state index < -0.39 is 22.2 Å². The molecular weight excluding hydrogens is 309 g/mol. The summed E-state index contributed by atoms with van der Waals surface area (Å²) in [6.45, 7) is 0. The zero-order valence-corrected chi connectivity index (χ0v) is 10.1. The molecule has 0 aliphatic rings. The van der Waals surface area contributed by atoms with Gasteiger partial charge in [0.15, 0.2) is 5.82 Å². The first-order valence-corrected chi connectivity index (χ1v) is 5.88. The van der Waals surface area contributed by atoms with E-state index in [-0.39, 0.29) is 5.82 Å². The standard InChI is InChI=1S/C8H5F3N4.ClHO4/c9-8(10,11)7-13-6(14-15-7)5-3-1-2-4-12-5;2-1(3,4)5/h1-4H,(H,13,14,15);(H,2,3,4,5). The van der Waals surface area contributed by atoms with Gasteiger partial charge in [0.2, 0.25) is 5.82 Å². The van der Waals surface area contributed by atoms with Gasteiger partial charge >= 0.3 is 6.18 Å². The Morgan fingerprint density at radius 2 is 1.80 bits per heavy atom. The van der Waals surface area contributed by atoms with Gasteiger partial charge in [-0.3, -0.25) is 10.1 Å². The Hall–Kier alpha value is -1.79. The molecule has 0 saturated heterocycles. The van der Waals surface area contributed by atoms with Crippen molar-refractivity contribution in [2.75, 3.05) is 0 Å². The molecular formula is C8H6ClF3N4O4. The average molecular weight is 315 g/mol. The highest BCUT2D eigenvalue weighted by atomic mass is 35.7. The topological polar surface area (TPSA) is 144 Å². The molecule has 0 aliphatic heterocycles. The third-order valence-corrected chi connectivity index (χ3v) is 1.65. The van der Waals surface area contributed by atoms with Gasteiger partial charge in [-0.1, -0.05) is 6.07 Å². The van der Waals surface area contributed by atoms with Crippen LogP contribution in [0.2, 0.25) is 0 Å². The van der Waals surface area contributed by atoms with Crippen LogP contribution >= 0.6 is 0 Å². The molecule has 0 fully saturated rings. The Balaban J connectivity index is 0.000000347. The van der Waals surface area contributed by atoms with Gasteiger partial charge in [0, 0.05) is 6.20 Å². The van der Waals surface area contributed by atoms with Gasteiger partial charge in [-0.05, 0) is 12.1 Å². The molecule has 0 atom stereocenters. The van der Waals surface area contributed by atoms with E-state index in [1.807, 2.05) is 5.10 Å². The number of nitrogens with zero attached hydrogens (tertiary/aromatic N) is 3. The van der Waals surface area contributed by atoms with Gasteiger partial charge in [0.1, 0.15) is 5.69 Å². The van der Waals surface area contributed by atoms with Gasteiger partial charge in [-0.2, -0.15) is 32.2 Å². The number of halogens is 4. The number of pyridine rings is 1. The maximum absolute atomic E-state index is 12.2. The predicted octanol–water partition coefficient (Wildman–Crippen LogP) is -2.24. The minimum atomic E-state index is -4.69. The molecule has 0 saturated carbocycles. The highest BCUT2D eigenvalue weighted by Crippen LogP contribution is 2.26.